The Kier molecular flexibility index (Phi) is 3.20. The SMILES string of the molecule is CNN1C(N)N=C(c2ccncc2)N1C=S. The molecule has 0 spiro atoms. The molecule has 1 aromatic heterocycles. The maximum atomic E-state index is 5.84. The molecule has 84 valence electrons. The normalized spacial score (nSPS) is 21.0. The number of nitrogens with two attached hydrogens (primary N) is 1. The van der Waals surface area contributed by atoms with Crippen LogP contribution in [0.25, 0.3) is 0 Å². The highest BCUT2D eigenvalue weighted by Gasteiger charge is 2.30. The van der Waals surface area contributed by atoms with Crippen molar-refractivity contribution in [1.29, 1.82) is 0 Å². The quantitative estimate of drug-likeness (QED) is 0.702. The first kappa shape index (κ1) is 11.1. The molecule has 2 heterocycles. The number of nitrogens with zero attached hydrogens (tertiary/aromatic N) is 4. The Morgan fingerprint density at radius 3 is 2.75 bits per heavy atom. The third kappa shape index (κ3) is 1.81. The number of nitrogens with one attached hydrogen (secondary N) is 1. The average molecular weight is 236 g/mol. The van der Waals surface area contributed by atoms with Gasteiger partial charge in [0.15, 0.2) is 12.1 Å². The molecule has 0 saturated carbocycles. The third-order valence-electron chi connectivity index (χ3n) is 2.22. The van der Waals surface area contributed by atoms with Crippen molar-refractivity contribution in [3.63, 3.8) is 0 Å². The second kappa shape index (κ2) is 4.62. The van der Waals surface area contributed by atoms with Gasteiger partial charge in [-0.15, -0.1) is 5.12 Å². The van der Waals surface area contributed by atoms with E-state index < -0.39 is 6.29 Å². The zero-order chi connectivity index (χ0) is 11.5. The fourth-order valence-electron chi connectivity index (χ4n) is 1.52. The first-order valence-corrected chi connectivity index (χ1v) is 5.20. The van der Waals surface area contributed by atoms with Crippen LogP contribution in [0.15, 0.2) is 29.5 Å². The number of amidine groups is 1. The largest absolute Gasteiger partial charge is 0.295 e. The maximum Gasteiger partial charge on any atom is 0.187 e. The lowest BCUT2D eigenvalue weighted by Gasteiger charge is -2.27. The molecule has 1 aliphatic rings. The van der Waals surface area contributed by atoms with Crippen LogP contribution in [0.5, 0.6) is 0 Å². The molecule has 0 aliphatic carbocycles. The zero-order valence-electron chi connectivity index (χ0n) is 8.74. The Bertz CT molecular complexity index is 406. The molecular weight excluding hydrogens is 224 g/mol. The number of rotatable bonds is 3. The van der Waals surface area contributed by atoms with Crippen LogP contribution in [0, 0.1) is 0 Å². The van der Waals surface area contributed by atoms with Gasteiger partial charge in [0, 0.05) is 25.0 Å². The lowest BCUT2D eigenvalue weighted by molar-refractivity contribution is 0.0406. The van der Waals surface area contributed by atoms with Crippen molar-refractivity contribution in [1.82, 2.24) is 20.5 Å². The van der Waals surface area contributed by atoms with Crippen molar-refractivity contribution in [2.45, 2.75) is 6.29 Å². The standard InChI is InChI=1S/C9H12N6S/c1-11-15-9(10)13-8(14(15)6-16)7-2-4-12-5-3-7/h2-6,9,11H,10H2,1H3. The molecule has 0 fully saturated rings. The van der Waals surface area contributed by atoms with Crippen molar-refractivity contribution in [3.05, 3.63) is 30.1 Å². The van der Waals surface area contributed by atoms with E-state index in [2.05, 4.69) is 15.4 Å². The summed E-state index contributed by atoms with van der Waals surface area (Å²) in [5, 5.41) is 3.33. The van der Waals surface area contributed by atoms with Gasteiger partial charge in [0.2, 0.25) is 0 Å². The Morgan fingerprint density at radius 2 is 2.19 bits per heavy atom. The van der Waals surface area contributed by atoms with Gasteiger partial charge in [-0.1, -0.05) is 12.2 Å². The summed E-state index contributed by atoms with van der Waals surface area (Å²) in [5.74, 6) is 0.708. The van der Waals surface area contributed by atoms with Crippen LogP contribution in [0.3, 0.4) is 0 Å². The van der Waals surface area contributed by atoms with Crippen molar-refractivity contribution in [3.8, 4) is 0 Å². The zero-order valence-corrected chi connectivity index (χ0v) is 9.56. The van der Waals surface area contributed by atoms with Crippen LogP contribution in [0.2, 0.25) is 0 Å². The number of aliphatic imine (C=N–C) groups is 1. The molecule has 0 radical (unpaired) electrons. The van der Waals surface area contributed by atoms with Gasteiger partial charge in [0.25, 0.3) is 0 Å². The predicted molar refractivity (Wildman–Crippen MR) is 65.1 cm³/mol. The van der Waals surface area contributed by atoms with Gasteiger partial charge in [-0.2, -0.15) is 0 Å². The third-order valence-corrected chi connectivity index (χ3v) is 2.42. The highest BCUT2D eigenvalue weighted by Crippen LogP contribution is 2.14. The number of hydrogen-bond acceptors (Lipinski definition) is 6. The smallest absolute Gasteiger partial charge is 0.187 e. The molecule has 0 aromatic carbocycles. The predicted octanol–water partition coefficient (Wildman–Crippen LogP) is -0.305. The molecule has 1 atom stereocenters. The molecule has 1 unspecified atom stereocenters. The van der Waals surface area contributed by atoms with Gasteiger partial charge in [-0.25, -0.2) is 15.4 Å². The summed E-state index contributed by atoms with van der Waals surface area (Å²) in [6.07, 6.45) is 2.92. The summed E-state index contributed by atoms with van der Waals surface area (Å²) in [4.78, 5) is 8.28. The number of aromatic nitrogens is 1. The second-order valence-corrected chi connectivity index (χ2v) is 3.33. The lowest BCUT2D eigenvalue weighted by atomic mass is 10.2. The van der Waals surface area contributed by atoms with E-state index in [1.807, 2.05) is 12.1 Å². The molecule has 0 bridgehead atoms. The maximum absolute atomic E-state index is 5.84. The minimum Gasteiger partial charge on any atom is -0.295 e. The van der Waals surface area contributed by atoms with Gasteiger partial charge < -0.3 is 0 Å². The van der Waals surface area contributed by atoms with Crippen molar-refractivity contribution in [2.75, 3.05) is 7.05 Å². The van der Waals surface area contributed by atoms with Crippen molar-refractivity contribution in [2.24, 2.45) is 10.7 Å². The van der Waals surface area contributed by atoms with Crippen molar-refractivity contribution >= 4 is 23.5 Å². The molecule has 7 heteroatoms. The Balaban J connectivity index is 2.35. The second-order valence-electron chi connectivity index (χ2n) is 3.12. The molecule has 3 N–H and O–H groups in total. The monoisotopic (exact) mass is 236 g/mol. The minimum atomic E-state index is -0.479. The van der Waals surface area contributed by atoms with E-state index in [1.54, 1.807) is 29.6 Å². The van der Waals surface area contributed by atoms with Crippen LogP contribution in [-0.2, 0) is 0 Å². The van der Waals surface area contributed by atoms with Gasteiger partial charge in [0.05, 0.1) is 5.49 Å². The van der Waals surface area contributed by atoms with E-state index in [0.29, 0.717) is 5.84 Å². The molecule has 16 heavy (non-hydrogen) atoms. The van der Waals surface area contributed by atoms with Crippen LogP contribution in [0.4, 0.5) is 0 Å². The first-order valence-electron chi connectivity index (χ1n) is 4.72. The number of hydrogen-bond donors (Lipinski definition) is 2. The molecule has 1 aromatic rings. The summed E-state index contributed by atoms with van der Waals surface area (Å²) < 4.78 is 0. The molecule has 1 aliphatic heterocycles. The molecule has 6 nitrogen and oxygen atoms in total. The fraction of sp³-hybridized carbons (Fsp3) is 0.222. The van der Waals surface area contributed by atoms with Gasteiger partial charge >= 0.3 is 0 Å². The molecule has 0 saturated heterocycles. The van der Waals surface area contributed by atoms with E-state index >= 15 is 0 Å². The number of thiocarbonyl (C=S) groups is 1. The number of hydrazine groups is 2. The summed E-state index contributed by atoms with van der Waals surface area (Å²) in [6, 6.07) is 3.72. The topological polar surface area (TPSA) is 69.8 Å². The Morgan fingerprint density at radius 1 is 1.50 bits per heavy atom. The fourth-order valence-corrected chi connectivity index (χ4v) is 1.72. The summed E-state index contributed by atoms with van der Waals surface area (Å²) in [7, 11) is 1.76. The van der Waals surface area contributed by atoms with E-state index in [-0.39, 0.29) is 0 Å². The summed E-state index contributed by atoms with van der Waals surface area (Å²) in [6.45, 7) is 0. The summed E-state index contributed by atoms with van der Waals surface area (Å²) in [5.41, 5.74) is 11.2. The Hall–Kier alpha value is -1.41. The molecular formula is C9H12N6S. The van der Waals surface area contributed by atoms with E-state index in [1.165, 1.54) is 5.49 Å². The van der Waals surface area contributed by atoms with Crippen molar-refractivity contribution < 1.29 is 0 Å². The molecule has 0 amide bonds. The first-order chi connectivity index (χ1) is 7.77. The summed E-state index contributed by atoms with van der Waals surface area (Å²) >= 11 is 4.95. The van der Waals surface area contributed by atoms with Crippen LogP contribution in [-0.4, -0.2) is 39.8 Å². The van der Waals surface area contributed by atoms with Gasteiger partial charge in [-0.3, -0.25) is 10.7 Å². The van der Waals surface area contributed by atoms with E-state index in [9.17, 15) is 0 Å². The highest BCUT2D eigenvalue weighted by atomic mass is 32.1. The minimum absolute atomic E-state index is 0.479. The Labute approximate surface area is 98.7 Å². The van der Waals surface area contributed by atoms with Gasteiger partial charge in [0.1, 0.15) is 0 Å². The van der Waals surface area contributed by atoms with Crippen LogP contribution in [0.1, 0.15) is 5.56 Å². The average Bonchev–Trinajstić information content (AvgIpc) is 2.66. The van der Waals surface area contributed by atoms with Crippen LogP contribution >= 0.6 is 12.2 Å². The lowest BCUT2D eigenvalue weighted by Crippen LogP contribution is -2.53. The number of pyridine rings is 1. The van der Waals surface area contributed by atoms with Crippen LogP contribution < -0.4 is 11.2 Å². The highest BCUT2D eigenvalue weighted by molar-refractivity contribution is 7.78. The van der Waals surface area contributed by atoms with E-state index in [0.717, 1.165) is 5.56 Å². The van der Waals surface area contributed by atoms with Gasteiger partial charge in [-0.05, 0) is 12.1 Å². The van der Waals surface area contributed by atoms with E-state index in [4.69, 9.17) is 18.0 Å². The molecule has 2 rings (SSSR count).